The van der Waals surface area contributed by atoms with Gasteiger partial charge in [-0.15, -0.1) is 0 Å². The molecule has 2 N–H and O–H groups in total. The van der Waals surface area contributed by atoms with Crippen molar-refractivity contribution in [2.45, 2.75) is 32.6 Å². The molecule has 1 unspecified atom stereocenters. The Kier molecular flexibility index (Phi) is 6.42. The zero-order chi connectivity index (χ0) is 19.3. The highest BCUT2D eigenvalue weighted by atomic mass is 16.6. The van der Waals surface area contributed by atoms with Gasteiger partial charge in [0.25, 0.3) is 0 Å². The van der Waals surface area contributed by atoms with Crippen LogP contribution in [-0.4, -0.2) is 26.3 Å². The normalized spacial score (nSPS) is 17.2. The van der Waals surface area contributed by atoms with E-state index in [0.717, 1.165) is 5.56 Å². The molecule has 0 aliphatic carbocycles. The van der Waals surface area contributed by atoms with Gasteiger partial charge in [-0.25, -0.2) is 4.79 Å². The fraction of sp³-hybridized carbons (Fsp3) is 0.400. The number of nitriles is 1. The molecule has 0 bridgehead atoms. The molecule has 6 heteroatoms. The Morgan fingerprint density at radius 2 is 1.96 bits per heavy atom. The van der Waals surface area contributed by atoms with Crippen molar-refractivity contribution in [2.75, 3.05) is 20.3 Å². The highest BCUT2D eigenvalue weighted by molar-refractivity contribution is 5.92. The number of hydrogen-bond acceptors (Lipinski definition) is 6. The molecule has 6 nitrogen and oxygen atoms in total. The average molecular weight is 356 g/mol. The highest BCUT2D eigenvalue weighted by Crippen LogP contribution is 2.39. The highest BCUT2D eigenvalue weighted by Gasteiger charge is 2.36. The molecule has 0 saturated heterocycles. The van der Waals surface area contributed by atoms with E-state index in [1.165, 1.54) is 12.7 Å². The first kappa shape index (κ1) is 19.5. The predicted molar refractivity (Wildman–Crippen MR) is 96.7 cm³/mol. The lowest BCUT2D eigenvalue weighted by Gasteiger charge is -2.27. The van der Waals surface area contributed by atoms with Crippen molar-refractivity contribution in [3.63, 3.8) is 0 Å². The number of hydrogen-bond donors (Lipinski definition) is 1. The number of ether oxygens (including phenoxy) is 3. The number of benzene rings is 1. The van der Waals surface area contributed by atoms with Gasteiger partial charge in [-0.05, 0) is 24.0 Å². The summed E-state index contributed by atoms with van der Waals surface area (Å²) >= 11 is 0. The van der Waals surface area contributed by atoms with Gasteiger partial charge in [0, 0.05) is 7.11 Å². The maximum Gasteiger partial charge on any atom is 0.338 e. The van der Waals surface area contributed by atoms with Crippen molar-refractivity contribution in [3.05, 3.63) is 58.2 Å². The van der Waals surface area contributed by atoms with Gasteiger partial charge in [0.1, 0.15) is 24.0 Å². The van der Waals surface area contributed by atoms with Gasteiger partial charge >= 0.3 is 5.97 Å². The number of nitrogens with two attached hydrogens (primary N) is 1. The van der Waals surface area contributed by atoms with Crippen molar-refractivity contribution in [1.82, 2.24) is 0 Å². The minimum absolute atomic E-state index is 0.0105. The largest absolute Gasteiger partial charge is 0.460 e. The number of esters is 1. The molecule has 0 aromatic heterocycles. The molecule has 0 radical (unpaired) electrons. The lowest BCUT2D eigenvalue weighted by Crippen LogP contribution is -2.26. The van der Waals surface area contributed by atoms with Crippen LogP contribution in [0.2, 0.25) is 0 Å². The monoisotopic (exact) mass is 356 g/mol. The van der Waals surface area contributed by atoms with Crippen molar-refractivity contribution >= 4 is 5.97 Å². The Morgan fingerprint density at radius 3 is 2.50 bits per heavy atom. The van der Waals surface area contributed by atoms with Crippen LogP contribution in [0.1, 0.15) is 43.7 Å². The fourth-order valence-corrected chi connectivity index (χ4v) is 2.85. The zero-order valence-electron chi connectivity index (χ0n) is 15.5. The molecule has 1 aromatic rings. The van der Waals surface area contributed by atoms with Crippen LogP contribution in [0.5, 0.6) is 0 Å². The lowest BCUT2D eigenvalue weighted by molar-refractivity contribution is -0.140. The number of carbonyl (C=O) groups is 1. The van der Waals surface area contributed by atoms with Crippen LogP contribution in [0.4, 0.5) is 0 Å². The summed E-state index contributed by atoms with van der Waals surface area (Å²) < 4.78 is 15.6. The van der Waals surface area contributed by atoms with Gasteiger partial charge < -0.3 is 19.9 Å². The van der Waals surface area contributed by atoms with Gasteiger partial charge in [0.05, 0.1) is 18.1 Å². The molecule has 1 aromatic carbocycles. The molecule has 2 rings (SSSR count). The zero-order valence-corrected chi connectivity index (χ0v) is 15.5. The van der Waals surface area contributed by atoms with E-state index in [1.807, 2.05) is 24.3 Å². The third kappa shape index (κ3) is 4.06. The summed E-state index contributed by atoms with van der Waals surface area (Å²) in [6, 6.07) is 9.87. The van der Waals surface area contributed by atoms with E-state index in [0.29, 0.717) is 11.7 Å². The molecule has 0 fully saturated rings. The van der Waals surface area contributed by atoms with Crippen LogP contribution >= 0.6 is 0 Å². The smallest absolute Gasteiger partial charge is 0.338 e. The topological polar surface area (TPSA) is 94.6 Å². The summed E-state index contributed by atoms with van der Waals surface area (Å²) in [4.78, 5) is 12.6. The molecule has 0 saturated carbocycles. The number of methoxy groups -OCH3 is 1. The number of nitrogens with zero attached hydrogens (tertiary/aromatic N) is 1. The van der Waals surface area contributed by atoms with Gasteiger partial charge in [-0.1, -0.05) is 38.1 Å². The summed E-state index contributed by atoms with van der Waals surface area (Å²) in [5.41, 5.74) is 8.34. The first-order valence-corrected chi connectivity index (χ1v) is 8.45. The number of allylic oxidation sites excluding steroid dienone is 2. The summed E-state index contributed by atoms with van der Waals surface area (Å²) in [5, 5.41) is 9.57. The molecule has 1 atom stereocenters. The van der Waals surface area contributed by atoms with E-state index in [2.05, 4.69) is 19.9 Å². The van der Waals surface area contributed by atoms with E-state index in [1.54, 1.807) is 6.92 Å². The van der Waals surface area contributed by atoms with Crippen LogP contribution in [0.15, 0.2) is 47.1 Å². The van der Waals surface area contributed by atoms with Crippen LogP contribution in [0.3, 0.4) is 0 Å². The molecule has 1 aliphatic rings. The van der Waals surface area contributed by atoms with Gasteiger partial charge in [-0.2, -0.15) is 5.26 Å². The molecular weight excluding hydrogens is 332 g/mol. The van der Waals surface area contributed by atoms with Crippen LogP contribution < -0.4 is 5.73 Å². The second-order valence-corrected chi connectivity index (χ2v) is 6.34. The summed E-state index contributed by atoms with van der Waals surface area (Å²) in [6.45, 7) is 6.25. The molecule has 1 aliphatic heterocycles. The van der Waals surface area contributed by atoms with Crippen LogP contribution in [0, 0.1) is 11.3 Å². The fourth-order valence-electron chi connectivity index (χ4n) is 2.85. The third-order valence-electron chi connectivity index (χ3n) is 4.28. The van der Waals surface area contributed by atoms with E-state index < -0.39 is 11.9 Å². The van der Waals surface area contributed by atoms with E-state index in [-0.39, 0.29) is 30.2 Å². The number of rotatable bonds is 6. The Labute approximate surface area is 153 Å². The molecule has 1 heterocycles. The molecular formula is C20H24N2O4. The quantitative estimate of drug-likeness (QED) is 0.622. The molecule has 138 valence electrons. The predicted octanol–water partition coefficient (Wildman–Crippen LogP) is 3.08. The second kappa shape index (κ2) is 8.54. The van der Waals surface area contributed by atoms with Gasteiger partial charge in [0.15, 0.2) is 0 Å². The van der Waals surface area contributed by atoms with E-state index in [9.17, 15) is 10.1 Å². The first-order valence-electron chi connectivity index (χ1n) is 8.45. The maximum absolute atomic E-state index is 12.6. The standard InChI is InChI=1S/C20H24N2O4/c1-12(2)14-5-7-15(8-6-14)18-16(11-21)19(22)26-13(3)17(18)20(23)25-10-9-24-4/h5-8,12,18H,9-10,22H2,1-4H3. The number of carbonyl (C=O) groups excluding carboxylic acids is 1. The lowest BCUT2D eigenvalue weighted by atomic mass is 9.82. The SMILES string of the molecule is COCCOC(=O)C1=C(C)OC(N)=C(C#N)C1c1ccc(C(C)C)cc1. The minimum Gasteiger partial charge on any atom is -0.460 e. The summed E-state index contributed by atoms with van der Waals surface area (Å²) in [7, 11) is 1.53. The third-order valence-corrected chi connectivity index (χ3v) is 4.28. The maximum atomic E-state index is 12.6. The van der Waals surface area contributed by atoms with Crippen molar-refractivity contribution in [3.8, 4) is 6.07 Å². The van der Waals surface area contributed by atoms with Crippen molar-refractivity contribution < 1.29 is 19.0 Å². The van der Waals surface area contributed by atoms with Crippen molar-refractivity contribution in [2.24, 2.45) is 5.73 Å². The van der Waals surface area contributed by atoms with E-state index in [4.69, 9.17) is 19.9 Å². The summed E-state index contributed by atoms with van der Waals surface area (Å²) in [6.07, 6.45) is 0. The van der Waals surface area contributed by atoms with E-state index >= 15 is 0 Å². The average Bonchev–Trinajstić information content (AvgIpc) is 2.61. The van der Waals surface area contributed by atoms with Gasteiger partial charge in [-0.3, -0.25) is 0 Å². The molecule has 26 heavy (non-hydrogen) atoms. The first-order chi connectivity index (χ1) is 12.4. The summed E-state index contributed by atoms with van der Waals surface area (Å²) in [5.74, 6) is -0.438. The van der Waals surface area contributed by atoms with Crippen LogP contribution in [-0.2, 0) is 19.0 Å². The van der Waals surface area contributed by atoms with Crippen molar-refractivity contribution in [1.29, 1.82) is 5.26 Å². The Hall–Kier alpha value is -2.78. The molecule has 0 amide bonds. The van der Waals surface area contributed by atoms with Gasteiger partial charge in [0.2, 0.25) is 5.88 Å². The Morgan fingerprint density at radius 1 is 1.31 bits per heavy atom. The molecule has 0 spiro atoms. The Balaban J connectivity index is 2.45. The Bertz CT molecular complexity index is 770. The minimum atomic E-state index is -0.620. The van der Waals surface area contributed by atoms with Crippen LogP contribution in [0.25, 0.3) is 0 Å². The second-order valence-electron chi connectivity index (χ2n) is 6.34.